The van der Waals surface area contributed by atoms with Gasteiger partial charge in [0.15, 0.2) is 0 Å². The largest absolute Gasteiger partial charge is 0.465 e. The standard InChI is InChI=1S/C17H15NO2S/c1-11-3-5-12(6-4-11)7-13-9-18-10-16-14(13)8-15(21-16)17(19)20-2/h3-6,8-10H,7H2,1-2H3. The van der Waals surface area contributed by atoms with Crippen LogP contribution >= 0.6 is 11.3 Å². The van der Waals surface area contributed by atoms with Crippen molar-refractivity contribution in [1.29, 1.82) is 0 Å². The number of aryl methyl sites for hydroxylation is 1. The monoisotopic (exact) mass is 297 g/mol. The Hall–Kier alpha value is -2.20. The van der Waals surface area contributed by atoms with Gasteiger partial charge in [-0.3, -0.25) is 4.98 Å². The van der Waals surface area contributed by atoms with Crippen LogP contribution in [0.1, 0.15) is 26.4 Å². The highest BCUT2D eigenvalue weighted by Crippen LogP contribution is 2.29. The van der Waals surface area contributed by atoms with Crippen LogP contribution in [0.5, 0.6) is 0 Å². The van der Waals surface area contributed by atoms with E-state index in [-0.39, 0.29) is 5.97 Å². The summed E-state index contributed by atoms with van der Waals surface area (Å²) in [5, 5.41) is 1.08. The van der Waals surface area contributed by atoms with Crippen LogP contribution in [0.15, 0.2) is 42.7 Å². The van der Waals surface area contributed by atoms with E-state index in [0.717, 1.165) is 22.1 Å². The third kappa shape index (κ3) is 2.81. The third-order valence-electron chi connectivity index (χ3n) is 3.43. The molecule has 0 N–H and O–H groups in total. The molecular formula is C17H15NO2S. The Balaban J connectivity index is 2.00. The molecule has 3 rings (SSSR count). The van der Waals surface area contributed by atoms with E-state index in [1.807, 2.05) is 12.3 Å². The van der Waals surface area contributed by atoms with Crippen LogP contribution in [0.3, 0.4) is 0 Å². The number of esters is 1. The normalized spacial score (nSPS) is 10.8. The molecule has 0 radical (unpaired) electrons. The van der Waals surface area contributed by atoms with Crippen LogP contribution in [0, 0.1) is 6.92 Å². The van der Waals surface area contributed by atoms with Crippen molar-refractivity contribution in [3.05, 3.63) is 64.3 Å². The summed E-state index contributed by atoms with van der Waals surface area (Å²) in [5.74, 6) is -0.294. The maximum atomic E-state index is 11.7. The first-order chi connectivity index (χ1) is 10.2. The molecule has 0 saturated heterocycles. The zero-order chi connectivity index (χ0) is 14.8. The van der Waals surface area contributed by atoms with Crippen molar-refractivity contribution in [1.82, 2.24) is 4.98 Å². The van der Waals surface area contributed by atoms with Crippen LogP contribution in [-0.2, 0) is 11.2 Å². The Labute approximate surface area is 127 Å². The molecule has 0 spiro atoms. The Kier molecular flexibility index (Phi) is 3.71. The zero-order valence-electron chi connectivity index (χ0n) is 11.9. The van der Waals surface area contributed by atoms with E-state index in [1.54, 1.807) is 6.20 Å². The Morgan fingerprint density at radius 3 is 2.71 bits per heavy atom. The summed E-state index contributed by atoms with van der Waals surface area (Å²) in [5.41, 5.74) is 3.61. The van der Waals surface area contributed by atoms with E-state index in [0.29, 0.717) is 4.88 Å². The predicted molar refractivity (Wildman–Crippen MR) is 84.9 cm³/mol. The fraction of sp³-hybridized carbons (Fsp3) is 0.176. The average Bonchev–Trinajstić information content (AvgIpc) is 2.94. The lowest BCUT2D eigenvalue weighted by atomic mass is 10.0. The number of carbonyl (C=O) groups is 1. The lowest BCUT2D eigenvalue weighted by Crippen LogP contribution is -1.96. The molecule has 0 bridgehead atoms. The number of aromatic nitrogens is 1. The van der Waals surface area contributed by atoms with Gasteiger partial charge in [-0.05, 0) is 35.9 Å². The van der Waals surface area contributed by atoms with Crippen molar-refractivity contribution in [3.63, 3.8) is 0 Å². The smallest absolute Gasteiger partial charge is 0.348 e. The maximum absolute atomic E-state index is 11.7. The summed E-state index contributed by atoms with van der Waals surface area (Å²) in [6.45, 7) is 2.08. The number of methoxy groups -OCH3 is 1. The molecule has 0 aliphatic rings. The number of benzene rings is 1. The van der Waals surface area contributed by atoms with Gasteiger partial charge in [0.2, 0.25) is 0 Å². The third-order valence-corrected chi connectivity index (χ3v) is 4.48. The van der Waals surface area contributed by atoms with Gasteiger partial charge < -0.3 is 4.74 Å². The molecule has 2 heterocycles. The molecule has 0 aliphatic carbocycles. The van der Waals surface area contributed by atoms with Gasteiger partial charge in [0, 0.05) is 12.4 Å². The number of hydrogen-bond donors (Lipinski definition) is 0. The molecule has 0 atom stereocenters. The van der Waals surface area contributed by atoms with E-state index in [4.69, 9.17) is 4.74 Å². The molecule has 1 aromatic carbocycles. The average molecular weight is 297 g/mol. The Morgan fingerprint density at radius 2 is 2.00 bits per heavy atom. The van der Waals surface area contributed by atoms with Gasteiger partial charge in [0.25, 0.3) is 0 Å². The predicted octanol–water partition coefficient (Wildman–Crippen LogP) is 3.98. The highest BCUT2D eigenvalue weighted by molar-refractivity contribution is 7.20. The summed E-state index contributed by atoms with van der Waals surface area (Å²) >= 11 is 1.42. The molecule has 4 heteroatoms. The first-order valence-corrected chi connectivity index (χ1v) is 7.49. The molecule has 106 valence electrons. The molecule has 3 nitrogen and oxygen atoms in total. The highest BCUT2D eigenvalue weighted by atomic mass is 32.1. The second-order valence-corrected chi connectivity index (χ2v) is 6.06. The number of nitrogens with zero attached hydrogens (tertiary/aromatic N) is 1. The molecule has 0 fully saturated rings. The van der Waals surface area contributed by atoms with Gasteiger partial charge in [-0.1, -0.05) is 29.8 Å². The molecule has 0 amide bonds. The molecular weight excluding hydrogens is 282 g/mol. The molecule has 21 heavy (non-hydrogen) atoms. The van der Waals surface area contributed by atoms with Gasteiger partial charge in [0.1, 0.15) is 4.88 Å². The minimum atomic E-state index is -0.294. The number of carbonyl (C=O) groups excluding carboxylic acids is 1. The van der Waals surface area contributed by atoms with E-state index in [9.17, 15) is 4.79 Å². The molecule has 0 aliphatic heterocycles. The van der Waals surface area contributed by atoms with E-state index in [1.165, 1.54) is 29.6 Å². The highest BCUT2D eigenvalue weighted by Gasteiger charge is 2.13. The van der Waals surface area contributed by atoms with Gasteiger partial charge in [-0.25, -0.2) is 4.79 Å². The van der Waals surface area contributed by atoms with Crippen molar-refractivity contribution in [3.8, 4) is 0 Å². The number of pyridine rings is 1. The quantitative estimate of drug-likeness (QED) is 0.686. The maximum Gasteiger partial charge on any atom is 0.348 e. The summed E-state index contributed by atoms with van der Waals surface area (Å²) in [6, 6.07) is 10.4. The molecule has 0 saturated carbocycles. The van der Waals surface area contributed by atoms with Crippen molar-refractivity contribution in [2.45, 2.75) is 13.3 Å². The second kappa shape index (κ2) is 5.66. The number of fused-ring (bicyclic) bond motifs is 1. The van der Waals surface area contributed by atoms with Crippen molar-refractivity contribution in [2.24, 2.45) is 0 Å². The van der Waals surface area contributed by atoms with Crippen LogP contribution in [0.4, 0.5) is 0 Å². The number of thiophene rings is 1. The molecule has 2 aromatic heterocycles. The van der Waals surface area contributed by atoms with Crippen LogP contribution in [0.25, 0.3) is 10.1 Å². The number of hydrogen-bond acceptors (Lipinski definition) is 4. The Bertz CT molecular complexity index is 790. The Morgan fingerprint density at radius 1 is 1.24 bits per heavy atom. The summed E-state index contributed by atoms with van der Waals surface area (Å²) in [7, 11) is 1.40. The van der Waals surface area contributed by atoms with Crippen molar-refractivity contribution >= 4 is 27.4 Å². The van der Waals surface area contributed by atoms with E-state index >= 15 is 0 Å². The van der Waals surface area contributed by atoms with Crippen molar-refractivity contribution in [2.75, 3.05) is 7.11 Å². The van der Waals surface area contributed by atoms with Gasteiger partial charge in [-0.15, -0.1) is 11.3 Å². The lowest BCUT2D eigenvalue weighted by Gasteiger charge is -2.03. The molecule has 0 unspecified atom stereocenters. The van der Waals surface area contributed by atoms with Gasteiger partial charge in [0.05, 0.1) is 11.8 Å². The fourth-order valence-electron chi connectivity index (χ4n) is 2.28. The first kappa shape index (κ1) is 13.8. The topological polar surface area (TPSA) is 39.2 Å². The zero-order valence-corrected chi connectivity index (χ0v) is 12.7. The fourth-order valence-corrected chi connectivity index (χ4v) is 3.28. The van der Waals surface area contributed by atoms with Crippen LogP contribution in [0.2, 0.25) is 0 Å². The number of ether oxygens (including phenoxy) is 1. The summed E-state index contributed by atoms with van der Waals surface area (Å²) < 4.78 is 5.80. The minimum absolute atomic E-state index is 0.294. The van der Waals surface area contributed by atoms with E-state index < -0.39 is 0 Å². The van der Waals surface area contributed by atoms with Gasteiger partial charge in [-0.2, -0.15) is 0 Å². The van der Waals surface area contributed by atoms with Gasteiger partial charge >= 0.3 is 5.97 Å². The first-order valence-electron chi connectivity index (χ1n) is 6.67. The van der Waals surface area contributed by atoms with Crippen LogP contribution < -0.4 is 0 Å². The SMILES string of the molecule is COC(=O)c1cc2c(Cc3ccc(C)cc3)cncc2s1. The molecule has 3 aromatic rings. The number of rotatable bonds is 3. The van der Waals surface area contributed by atoms with E-state index in [2.05, 4.69) is 36.2 Å². The minimum Gasteiger partial charge on any atom is -0.465 e. The lowest BCUT2D eigenvalue weighted by molar-refractivity contribution is 0.0606. The summed E-state index contributed by atoms with van der Waals surface area (Å²) in [6.07, 6.45) is 4.48. The van der Waals surface area contributed by atoms with Crippen molar-refractivity contribution < 1.29 is 9.53 Å². The summed E-state index contributed by atoms with van der Waals surface area (Å²) in [4.78, 5) is 16.6. The van der Waals surface area contributed by atoms with Crippen LogP contribution in [-0.4, -0.2) is 18.1 Å². The second-order valence-electron chi connectivity index (χ2n) is 4.98.